The molecule has 0 unspecified atom stereocenters. The normalized spacial score (nSPS) is 10.0. The van der Waals surface area contributed by atoms with Gasteiger partial charge in [0.05, 0.1) is 15.5 Å². The molecule has 4 nitrogen and oxygen atoms in total. The second kappa shape index (κ2) is 4.53. The molecule has 0 aliphatic carbocycles. The highest BCUT2D eigenvalue weighted by atomic mass is 79.9. The molecule has 0 atom stereocenters. The van der Waals surface area contributed by atoms with Gasteiger partial charge in [-0.1, -0.05) is 6.07 Å². The minimum atomic E-state index is -0.478. The van der Waals surface area contributed by atoms with E-state index >= 15 is 0 Å². The number of hydrogen-bond donors (Lipinski definition) is 0. The van der Waals surface area contributed by atoms with E-state index in [1.165, 1.54) is 18.2 Å². The highest BCUT2D eigenvalue weighted by Gasteiger charge is 2.10. The first-order valence-electron chi connectivity index (χ1n) is 3.65. The van der Waals surface area contributed by atoms with Gasteiger partial charge in [-0.3, -0.25) is 10.1 Å². The predicted octanol–water partition coefficient (Wildman–Crippen LogP) is 2.89. The van der Waals surface area contributed by atoms with Crippen molar-refractivity contribution in [2.45, 2.75) is 0 Å². The minimum absolute atomic E-state index is 0.00918. The summed E-state index contributed by atoms with van der Waals surface area (Å²) in [6, 6.07) is 6.48. The lowest BCUT2D eigenvalue weighted by Crippen LogP contribution is -1.89. The van der Waals surface area contributed by atoms with Crippen LogP contribution in [0.15, 0.2) is 28.7 Å². The monoisotopic (exact) mass is 252 g/mol. The van der Waals surface area contributed by atoms with E-state index in [1.807, 2.05) is 6.07 Å². The molecule has 0 spiro atoms. The molecule has 0 aliphatic heterocycles. The van der Waals surface area contributed by atoms with Gasteiger partial charge in [0, 0.05) is 12.1 Å². The second-order valence-electron chi connectivity index (χ2n) is 2.43. The molecule has 14 heavy (non-hydrogen) atoms. The van der Waals surface area contributed by atoms with Crippen molar-refractivity contribution in [1.29, 1.82) is 5.26 Å². The number of nitrogens with zero attached hydrogens (tertiary/aromatic N) is 2. The fourth-order valence-corrected chi connectivity index (χ4v) is 1.30. The van der Waals surface area contributed by atoms with Crippen LogP contribution < -0.4 is 0 Å². The summed E-state index contributed by atoms with van der Waals surface area (Å²) < 4.78 is 0.427. The van der Waals surface area contributed by atoms with Crippen LogP contribution >= 0.6 is 15.9 Å². The maximum absolute atomic E-state index is 10.5. The Balaban J connectivity index is 3.14. The lowest BCUT2D eigenvalue weighted by atomic mass is 10.2. The van der Waals surface area contributed by atoms with Gasteiger partial charge in [-0.15, -0.1) is 0 Å². The summed E-state index contributed by atoms with van der Waals surface area (Å²) in [6.45, 7) is 0. The van der Waals surface area contributed by atoms with E-state index in [9.17, 15) is 10.1 Å². The van der Waals surface area contributed by atoms with Gasteiger partial charge in [0.2, 0.25) is 0 Å². The first-order chi connectivity index (χ1) is 6.65. The standard InChI is InChI=1S/C9H5BrN2O2/c10-8-4-3-7(2-1-5-11)6-9(8)12(13)14/h1-4,6H. The summed E-state index contributed by atoms with van der Waals surface area (Å²) in [7, 11) is 0. The van der Waals surface area contributed by atoms with E-state index < -0.39 is 4.92 Å². The summed E-state index contributed by atoms with van der Waals surface area (Å²) in [5, 5.41) is 18.8. The lowest BCUT2D eigenvalue weighted by Gasteiger charge is -1.96. The van der Waals surface area contributed by atoms with Crippen LogP contribution in [-0.2, 0) is 0 Å². The Morgan fingerprint density at radius 1 is 1.57 bits per heavy atom. The van der Waals surface area contributed by atoms with Crippen molar-refractivity contribution in [2.75, 3.05) is 0 Å². The van der Waals surface area contributed by atoms with E-state index in [1.54, 1.807) is 12.1 Å². The van der Waals surface area contributed by atoms with E-state index in [0.717, 1.165) is 0 Å². The third-order valence-electron chi connectivity index (χ3n) is 1.52. The van der Waals surface area contributed by atoms with Gasteiger partial charge in [0.15, 0.2) is 0 Å². The zero-order valence-corrected chi connectivity index (χ0v) is 8.56. The van der Waals surface area contributed by atoms with Crippen molar-refractivity contribution in [3.05, 3.63) is 44.4 Å². The Hall–Kier alpha value is -1.67. The Morgan fingerprint density at radius 3 is 2.86 bits per heavy atom. The number of rotatable bonds is 2. The Morgan fingerprint density at radius 2 is 2.29 bits per heavy atom. The molecule has 70 valence electrons. The molecule has 1 rings (SSSR count). The maximum atomic E-state index is 10.5. The van der Waals surface area contributed by atoms with Gasteiger partial charge >= 0.3 is 0 Å². The number of hydrogen-bond acceptors (Lipinski definition) is 3. The van der Waals surface area contributed by atoms with Crippen molar-refractivity contribution < 1.29 is 4.92 Å². The third kappa shape index (κ3) is 2.41. The number of nitro benzene ring substituents is 1. The molecule has 0 aromatic heterocycles. The molecule has 5 heteroatoms. The average molecular weight is 253 g/mol. The first kappa shape index (κ1) is 10.4. The fraction of sp³-hybridized carbons (Fsp3) is 0. The molecule has 0 fully saturated rings. The molecule has 0 saturated carbocycles. The topological polar surface area (TPSA) is 66.9 Å². The van der Waals surface area contributed by atoms with E-state index in [-0.39, 0.29) is 5.69 Å². The first-order valence-corrected chi connectivity index (χ1v) is 4.44. The van der Waals surface area contributed by atoms with Gasteiger partial charge in [0.1, 0.15) is 0 Å². The molecule has 1 aromatic rings. The molecule has 0 N–H and O–H groups in total. The molecule has 0 aliphatic rings. The molecular formula is C9H5BrN2O2. The van der Waals surface area contributed by atoms with Crippen molar-refractivity contribution in [2.24, 2.45) is 0 Å². The summed E-state index contributed by atoms with van der Waals surface area (Å²) in [5.74, 6) is 0. The highest BCUT2D eigenvalue weighted by molar-refractivity contribution is 9.10. The van der Waals surface area contributed by atoms with E-state index in [0.29, 0.717) is 10.0 Å². The van der Waals surface area contributed by atoms with Gasteiger partial charge < -0.3 is 0 Å². The van der Waals surface area contributed by atoms with E-state index in [2.05, 4.69) is 15.9 Å². The molecule has 0 amide bonds. The van der Waals surface area contributed by atoms with Crippen molar-refractivity contribution in [3.63, 3.8) is 0 Å². The molecule has 0 saturated heterocycles. The third-order valence-corrected chi connectivity index (χ3v) is 2.19. The van der Waals surface area contributed by atoms with Crippen LogP contribution in [-0.4, -0.2) is 4.92 Å². The minimum Gasteiger partial charge on any atom is -0.258 e. The number of halogens is 1. The number of nitriles is 1. The van der Waals surface area contributed by atoms with Crippen LogP contribution in [0, 0.1) is 21.4 Å². The second-order valence-corrected chi connectivity index (χ2v) is 3.28. The lowest BCUT2D eigenvalue weighted by molar-refractivity contribution is -0.385. The smallest absolute Gasteiger partial charge is 0.258 e. The molecular weight excluding hydrogens is 248 g/mol. The van der Waals surface area contributed by atoms with Crippen LogP contribution in [0.25, 0.3) is 6.08 Å². The number of benzene rings is 1. The van der Waals surface area contributed by atoms with E-state index in [4.69, 9.17) is 5.26 Å². The van der Waals surface area contributed by atoms with Gasteiger partial charge in [-0.25, -0.2) is 0 Å². The van der Waals surface area contributed by atoms with Crippen molar-refractivity contribution in [1.82, 2.24) is 0 Å². The van der Waals surface area contributed by atoms with Crippen LogP contribution in [0.5, 0.6) is 0 Å². The van der Waals surface area contributed by atoms with Crippen LogP contribution in [0.1, 0.15) is 5.56 Å². The predicted molar refractivity (Wildman–Crippen MR) is 55.4 cm³/mol. The van der Waals surface area contributed by atoms with Gasteiger partial charge in [0.25, 0.3) is 5.69 Å². The van der Waals surface area contributed by atoms with Crippen LogP contribution in [0.4, 0.5) is 5.69 Å². The quantitative estimate of drug-likeness (QED) is 0.462. The summed E-state index contributed by atoms with van der Waals surface area (Å²) >= 11 is 3.07. The van der Waals surface area contributed by atoms with Gasteiger partial charge in [-0.05, 0) is 33.6 Å². The zero-order chi connectivity index (χ0) is 10.6. The highest BCUT2D eigenvalue weighted by Crippen LogP contribution is 2.25. The summed E-state index contributed by atoms with van der Waals surface area (Å²) in [6.07, 6.45) is 2.78. The largest absolute Gasteiger partial charge is 0.284 e. The summed E-state index contributed by atoms with van der Waals surface area (Å²) in [5.41, 5.74) is 0.617. The fourth-order valence-electron chi connectivity index (χ4n) is 0.907. The molecule has 0 radical (unpaired) electrons. The number of nitro groups is 1. The van der Waals surface area contributed by atoms with Crippen LogP contribution in [0.2, 0.25) is 0 Å². The average Bonchev–Trinajstić information content (AvgIpc) is 2.16. The summed E-state index contributed by atoms with van der Waals surface area (Å²) in [4.78, 5) is 10.1. The van der Waals surface area contributed by atoms with Gasteiger partial charge in [-0.2, -0.15) is 5.26 Å². The zero-order valence-electron chi connectivity index (χ0n) is 6.98. The molecule has 0 bridgehead atoms. The Kier molecular flexibility index (Phi) is 3.37. The van der Waals surface area contributed by atoms with Crippen molar-refractivity contribution in [3.8, 4) is 6.07 Å². The maximum Gasteiger partial charge on any atom is 0.284 e. The molecule has 1 aromatic carbocycles. The SMILES string of the molecule is N#CC=Cc1ccc(Br)c([N+](=O)[O-])c1. The Labute approximate surface area is 88.7 Å². The number of allylic oxidation sites excluding steroid dienone is 1. The van der Waals surface area contributed by atoms with Crippen molar-refractivity contribution >= 4 is 27.7 Å². The van der Waals surface area contributed by atoms with Crippen LogP contribution in [0.3, 0.4) is 0 Å². The Bertz CT molecular complexity index is 435. The molecule has 0 heterocycles.